The molecule has 4 aromatic heterocycles. The first-order valence-electron chi connectivity index (χ1n) is 12.8. The molecular weight excluding hydrogens is 496 g/mol. The number of ether oxygens (including phenoxy) is 1. The molecule has 1 fully saturated rings. The van der Waals surface area contributed by atoms with Crippen molar-refractivity contribution < 1.29 is 9.84 Å². The third-order valence-corrected chi connectivity index (χ3v) is 7.51. The lowest BCUT2D eigenvalue weighted by Gasteiger charge is -2.26. The van der Waals surface area contributed by atoms with Crippen LogP contribution in [0.15, 0.2) is 79.3 Å². The highest BCUT2D eigenvalue weighted by atomic mass is 32.1. The maximum absolute atomic E-state index is 9.75. The summed E-state index contributed by atoms with van der Waals surface area (Å²) >= 11 is 1.58. The van der Waals surface area contributed by atoms with E-state index in [0.29, 0.717) is 18.4 Å². The predicted octanol–water partition coefficient (Wildman–Crippen LogP) is 6.19. The van der Waals surface area contributed by atoms with Crippen LogP contribution in [0.4, 0.5) is 16.8 Å². The van der Waals surface area contributed by atoms with E-state index in [1.165, 1.54) is 0 Å². The van der Waals surface area contributed by atoms with Crippen molar-refractivity contribution in [2.24, 2.45) is 0 Å². The van der Waals surface area contributed by atoms with Gasteiger partial charge in [-0.15, -0.1) is 0 Å². The second-order valence-electron chi connectivity index (χ2n) is 9.40. The van der Waals surface area contributed by atoms with Gasteiger partial charge in [0.15, 0.2) is 5.13 Å². The molecule has 3 N–H and O–H groups in total. The number of fused-ring (bicyclic) bond motifs is 1. The highest BCUT2D eigenvalue weighted by molar-refractivity contribution is 7.22. The van der Waals surface area contributed by atoms with Gasteiger partial charge in [-0.25, -0.2) is 9.97 Å². The monoisotopic (exact) mass is 524 g/mol. The Morgan fingerprint density at radius 3 is 2.66 bits per heavy atom. The van der Waals surface area contributed by atoms with Gasteiger partial charge in [0.25, 0.3) is 0 Å². The molecule has 8 nitrogen and oxygen atoms in total. The van der Waals surface area contributed by atoms with Crippen LogP contribution in [0.3, 0.4) is 0 Å². The van der Waals surface area contributed by atoms with E-state index in [2.05, 4.69) is 32.7 Å². The normalized spacial score (nSPS) is 17.3. The number of thiazole rings is 1. The number of anilines is 3. The van der Waals surface area contributed by atoms with Gasteiger partial charge in [-0.1, -0.05) is 29.5 Å². The van der Waals surface area contributed by atoms with Crippen LogP contribution in [-0.2, 0) is 6.61 Å². The molecule has 5 aromatic rings. The van der Waals surface area contributed by atoms with Crippen LogP contribution in [0.5, 0.6) is 5.75 Å². The number of aliphatic hydroxyl groups is 1. The summed E-state index contributed by atoms with van der Waals surface area (Å²) in [4.78, 5) is 18.1. The fourth-order valence-corrected chi connectivity index (χ4v) is 5.49. The lowest BCUT2D eigenvalue weighted by molar-refractivity contribution is 0.126. The number of benzene rings is 1. The Morgan fingerprint density at radius 2 is 1.79 bits per heavy atom. The fraction of sp³-hybridized carbons (Fsp3) is 0.241. The molecule has 0 aliphatic heterocycles. The van der Waals surface area contributed by atoms with E-state index in [9.17, 15) is 5.11 Å². The van der Waals surface area contributed by atoms with Gasteiger partial charge in [-0.2, -0.15) is 0 Å². The number of aliphatic hydroxyl groups excluding tert-OH is 1. The van der Waals surface area contributed by atoms with Crippen LogP contribution in [0, 0.1) is 0 Å². The number of nitrogens with one attached hydrogen (secondary N) is 2. The van der Waals surface area contributed by atoms with Gasteiger partial charge < -0.3 is 20.5 Å². The number of aromatic nitrogens is 4. The van der Waals surface area contributed by atoms with E-state index in [1.54, 1.807) is 23.7 Å². The molecule has 0 unspecified atom stereocenters. The Morgan fingerprint density at radius 1 is 0.895 bits per heavy atom. The molecular formula is C29H28N6O2S. The van der Waals surface area contributed by atoms with Crippen LogP contribution >= 0.6 is 11.3 Å². The predicted molar refractivity (Wildman–Crippen MR) is 151 cm³/mol. The molecule has 1 saturated carbocycles. The standard InChI is InChI=1S/C29H28N6O2S/c36-23-10-8-21(9-11-23)32-27-5-3-6-28(34-27)35-29-33-25-12-7-19(15-26(25)38-29)20-14-24(17-30-16-20)37-18-22-4-1-2-13-31-22/h1-7,12-17,21,23,36H,8-11,18H2,(H2,32,33,34,35)/t21-,23-. The zero-order valence-corrected chi connectivity index (χ0v) is 21.6. The molecule has 1 aliphatic carbocycles. The third-order valence-electron chi connectivity index (χ3n) is 6.58. The Labute approximate surface area is 224 Å². The molecule has 0 atom stereocenters. The second kappa shape index (κ2) is 11.1. The minimum absolute atomic E-state index is 0.167. The number of pyridine rings is 3. The van der Waals surface area contributed by atoms with E-state index in [4.69, 9.17) is 14.7 Å². The van der Waals surface area contributed by atoms with Crippen molar-refractivity contribution in [3.05, 3.63) is 84.9 Å². The SMILES string of the molecule is O[C@H]1CC[C@H](Nc2cccc(Nc3nc4ccc(-c5cncc(OCc6ccccn6)c5)cc4s3)n2)CC1. The maximum Gasteiger partial charge on any atom is 0.189 e. The first-order chi connectivity index (χ1) is 18.7. The Balaban J connectivity index is 1.14. The Kier molecular flexibility index (Phi) is 7.10. The van der Waals surface area contributed by atoms with E-state index in [-0.39, 0.29) is 6.10 Å². The molecule has 0 bridgehead atoms. The van der Waals surface area contributed by atoms with E-state index >= 15 is 0 Å². The number of hydrogen-bond donors (Lipinski definition) is 3. The molecule has 0 saturated heterocycles. The van der Waals surface area contributed by atoms with E-state index < -0.39 is 0 Å². The lowest BCUT2D eigenvalue weighted by atomic mass is 9.93. The zero-order chi connectivity index (χ0) is 25.7. The van der Waals surface area contributed by atoms with Crippen LogP contribution in [-0.4, -0.2) is 37.2 Å². The van der Waals surface area contributed by atoms with Crippen molar-refractivity contribution in [3.63, 3.8) is 0 Å². The average Bonchev–Trinajstić information content (AvgIpc) is 3.35. The summed E-state index contributed by atoms with van der Waals surface area (Å²) in [6.45, 7) is 0.392. The molecule has 4 heterocycles. The summed E-state index contributed by atoms with van der Waals surface area (Å²) in [6.07, 6.45) is 8.72. The Bertz CT molecular complexity index is 1520. The first-order valence-corrected chi connectivity index (χ1v) is 13.6. The number of hydrogen-bond acceptors (Lipinski definition) is 9. The molecule has 192 valence electrons. The molecule has 0 radical (unpaired) electrons. The van der Waals surface area contributed by atoms with Crippen molar-refractivity contribution in [2.75, 3.05) is 10.6 Å². The molecule has 38 heavy (non-hydrogen) atoms. The Hall–Kier alpha value is -4.08. The highest BCUT2D eigenvalue weighted by Crippen LogP contribution is 2.33. The summed E-state index contributed by atoms with van der Waals surface area (Å²) in [7, 11) is 0. The van der Waals surface area contributed by atoms with Crippen molar-refractivity contribution >= 4 is 38.3 Å². The molecule has 9 heteroatoms. The number of nitrogens with zero attached hydrogens (tertiary/aromatic N) is 4. The summed E-state index contributed by atoms with van der Waals surface area (Å²) in [6, 6.07) is 20.2. The van der Waals surface area contributed by atoms with Crippen molar-refractivity contribution in [2.45, 2.75) is 44.4 Å². The molecule has 0 amide bonds. The van der Waals surface area contributed by atoms with Gasteiger partial charge >= 0.3 is 0 Å². The molecule has 6 rings (SSSR count). The average molecular weight is 525 g/mol. The van der Waals surface area contributed by atoms with Gasteiger partial charge in [0, 0.05) is 24.0 Å². The van der Waals surface area contributed by atoms with Gasteiger partial charge in [0.2, 0.25) is 0 Å². The fourth-order valence-electron chi connectivity index (χ4n) is 4.58. The smallest absolute Gasteiger partial charge is 0.189 e. The minimum Gasteiger partial charge on any atom is -0.486 e. The molecule has 1 aliphatic rings. The minimum atomic E-state index is -0.167. The number of rotatable bonds is 8. The topological polar surface area (TPSA) is 105 Å². The van der Waals surface area contributed by atoms with Crippen LogP contribution in [0.25, 0.3) is 21.3 Å². The summed E-state index contributed by atoms with van der Waals surface area (Å²) in [5, 5.41) is 17.4. The van der Waals surface area contributed by atoms with Crippen molar-refractivity contribution in [1.82, 2.24) is 19.9 Å². The van der Waals surface area contributed by atoms with Crippen LogP contribution in [0.1, 0.15) is 31.4 Å². The van der Waals surface area contributed by atoms with E-state index in [0.717, 1.165) is 69.5 Å². The largest absolute Gasteiger partial charge is 0.486 e. The van der Waals surface area contributed by atoms with Gasteiger partial charge in [0.05, 0.1) is 28.2 Å². The van der Waals surface area contributed by atoms with Gasteiger partial charge in [-0.3, -0.25) is 9.97 Å². The van der Waals surface area contributed by atoms with Crippen molar-refractivity contribution in [1.29, 1.82) is 0 Å². The lowest BCUT2D eigenvalue weighted by Crippen LogP contribution is -2.28. The van der Waals surface area contributed by atoms with E-state index in [1.807, 2.05) is 54.7 Å². The van der Waals surface area contributed by atoms with Gasteiger partial charge in [-0.05, 0) is 73.7 Å². The summed E-state index contributed by atoms with van der Waals surface area (Å²) in [5.74, 6) is 2.27. The van der Waals surface area contributed by atoms with Crippen LogP contribution < -0.4 is 15.4 Å². The summed E-state index contributed by atoms with van der Waals surface area (Å²) in [5.41, 5.74) is 3.81. The second-order valence-corrected chi connectivity index (χ2v) is 10.4. The third kappa shape index (κ3) is 5.90. The maximum atomic E-state index is 9.75. The van der Waals surface area contributed by atoms with Crippen LogP contribution in [0.2, 0.25) is 0 Å². The quantitative estimate of drug-likeness (QED) is 0.221. The molecule has 1 aromatic carbocycles. The highest BCUT2D eigenvalue weighted by Gasteiger charge is 2.19. The zero-order valence-electron chi connectivity index (χ0n) is 20.7. The summed E-state index contributed by atoms with van der Waals surface area (Å²) < 4.78 is 6.98. The van der Waals surface area contributed by atoms with Crippen molar-refractivity contribution in [3.8, 4) is 16.9 Å². The molecule has 0 spiro atoms. The van der Waals surface area contributed by atoms with Gasteiger partial charge in [0.1, 0.15) is 24.0 Å². The first kappa shape index (κ1) is 24.3.